The summed E-state index contributed by atoms with van der Waals surface area (Å²) in [5.74, 6) is 1.99. The standard InChI is InChI=1S/C13H13NO3/c1-2-6-12(15)9-14-13(16)17-10-11-7-4-3-5-8-11/h1,3-5,7-8H,6,9-10H2,(H,14,16). The molecular formula is C13H13NO3. The summed E-state index contributed by atoms with van der Waals surface area (Å²) >= 11 is 0. The number of alkyl carbamates (subject to hydrolysis) is 1. The number of hydrogen-bond acceptors (Lipinski definition) is 3. The quantitative estimate of drug-likeness (QED) is 0.781. The Morgan fingerprint density at radius 2 is 2.00 bits per heavy atom. The molecule has 0 aromatic heterocycles. The van der Waals surface area contributed by atoms with Crippen LogP contribution in [0.1, 0.15) is 12.0 Å². The summed E-state index contributed by atoms with van der Waals surface area (Å²) in [4.78, 5) is 22.2. The number of Topliss-reactive ketones (excluding diaryl/α,β-unsaturated/α-hetero) is 1. The second kappa shape index (κ2) is 7.07. The highest BCUT2D eigenvalue weighted by atomic mass is 16.5. The van der Waals surface area contributed by atoms with Crippen LogP contribution in [0.3, 0.4) is 0 Å². The predicted octanol–water partition coefficient (Wildman–Crippen LogP) is 1.51. The first-order valence-corrected chi connectivity index (χ1v) is 5.12. The number of ether oxygens (including phenoxy) is 1. The van der Waals surface area contributed by atoms with Crippen LogP contribution in [0, 0.1) is 12.3 Å². The van der Waals surface area contributed by atoms with Gasteiger partial charge in [0, 0.05) is 0 Å². The number of terminal acetylenes is 1. The lowest BCUT2D eigenvalue weighted by molar-refractivity contribution is -0.117. The third-order valence-corrected chi connectivity index (χ3v) is 1.94. The van der Waals surface area contributed by atoms with Crippen LogP contribution in [0.5, 0.6) is 0 Å². The Morgan fingerprint density at radius 3 is 2.65 bits per heavy atom. The maximum absolute atomic E-state index is 11.2. The van der Waals surface area contributed by atoms with E-state index in [4.69, 9.17) is 11.2 Å². The zero-order chi connectivity index (χ0) is 12.5. The molecule has 4 heteroatoms. The van der Waals surface area contributed by atoms with E-state index < -0.39 is 6.09 Å². The molecule has 0 aliphatic carbocycles. The van der Waals surface area contributed by atoms with Gasteiger partial charge in [0.05, 0.1) is 13.0 Å². The van der Waals surface area contributed by atoms with Crippen molar-refractivity contribution in [2.45, 2.75) is 13.0 Å². The van der Waals surface area contributed by atoms with Crippen LogP contribution in [-0.4, -0.2) is 18.4 Å². The lowest BCUT2D eigenvalue weighted by Crippen LogP contribution is -2.29. The van der Waals surface area contributed by atoms with Gasteiger partial charge in [-0.1, -0.05) is 36.3 Å². The van der Waals surface area contributed by atoms with Crippen molar-refractivity contribution in [2.24, 2.45) is 0 Å². The highest BCUT2D eigenvalue weighted by Gasteiger charge is 2.05. The van der Waals surface area contributed by atoms with Crippen molar-refractivity contribution in [2.75, 3.05) is 6.54 Å². The van der Waals surface area contributed by atoms with Gasteiger partial charge in [-0.05, 0) is 5.56 Å². The van der Waals surface area contributed by atoms with E-state index in [9.17, 15) is 9.59 Å². The minimum absolute atomic E-state index is 0.0129. The largest absolute Gasteiger partial charge is 0.445 e. The summed E-state index contributed by atoms with van der Waals surface area (Å²) in [6.07, 6.45) is 4.34. The molecule has 0 spiro atoms. The predicted molar refractivity (Wildman–Crippen MR) is 63.1 cm³/mol. The molecule has 0 heterocycles. The van der Waals surface area contributed by atoms with Crippen molar-refractivity contribution < 1.29 is 14.3 Å². The van der Waals surface area contributed by atoms with Crippen LogP contribution in [0.25, 0.3) is 0 Å². The molecule has 1 aromatic carbocycles. The van der Waals surface area contributed by atoms with Crippen LogP contribution in [0.15, 0.2) is 30.3 Å². The second-order valence-corrected chi connectivity index (χ2v) is 3.33. The van der Waals surface area contributed by atoms with Gasteiger partial charge < -0.3 is 10.1 Å². The molecule has 0 fully saturated rings. The van der Waals surface area contributed by atoms with E-state index in [1.807, 2.05) is 30.3 Å². The highest BCUT2D eigenvalue weighted by molar-refractivity contribution is 5.85. The lowest BCUT2D eigenvalue weighted by atomic mass is 10.2. The summed E-state index contributed by atoms with van der Waals surface area (Å²) in [5.41, 5.74) is 0.887. The Bertz CT molecular complexity index is 420. The molecule has 0 saturated carbocycles. The first-order valence-electron chi connectivity index (χ1n) is 5.12. The van der Waals surface area contributed by atoms with Gasteiger partial charge in [0.25, 0.3) is 0 Å². The molecule has 0 radical (unpaired) electrons. The van der Waals surface area contributed by atoms with Gasteiger partial charge in [0.15, 0.2) is 5.78 Å². The number of hydrogen-bond donors (Lipinski definition) is 1. The van der Waals surface area contributed by atoms with Gasteiger partial charge in [0.1, 0.15) is 6.61 Å². The summed E-state index contributed by atoms with van der Waals surface area (Å²) in [5, 5.41) is 2.33. The van der Waals surface area contributed by atoms with Gasteiger partial charge >= 0.3 is 6.09 Å². The van der Waals surface area contributed by atoms with E-state index in [1.54, 1.807) is 0 Å². The highest BCUT2D eigenvalue weighted by Crippen LogP contribution is 2.00. The number of rotatable bonds is 5. The fourth-order valence-electron chi connectivity index (χ4n) is 1.12. The third kappa shape index (κ3) is 5.38. The van der Waals surface area contributed by atoms with Crippen LogP contribution >= 0.6 is 0 Å². The topological polar surface area (TPSA) is 55.4 Å². The fraction of sp³-hybridized carbons (Fsp3) is 0.231. The SMILES string of the molecule is C#CCC(=O)CNC(=O)OCc1ccccc1. The van der Waals surface area contributed by atoms with Crippen molar-refractivity contribution in [1.29, 1.82) is 0 Å². The summed E-state index contributed by atoms with van der Waals surface area (Å²) in [6, 6.07) is 9.27. The molecule has 1 amide bonds. The van der Waals surface area contributed by atoms with Crippen molar-refractivity contribution in [3.63, 3.8) is 0 Å². The molecular weight excluding hydrogens is 218 g/mol. The van der Waals surface area contributed by atoms with Crippen molar-refractivity contribution in [3.05, 3.63) is 35.9 Å². The Labute approximate surface area is 100.0 Å². The Morgan fingerprint density at radius 1 is 1.29 bits per heavy atom. The number of amides is 1. The summed E-state index contributed by atoms with van der Waals surface area (Å²) in [6.45, 7) is 0.0772. The fourth-order valence-corrected chi connectivity index (χ4v) is 1.12. The number of ketones is 1. The molecule has 0 aliphatic rings. The molecule has 0 bridgehead atoms. The van der Waals surface area contributed by atoms with E-state index in [0.717, 1.165) is 5.56 Å². The van der Waals surface area contributed by atoms with Crippen LogP contribution in [0.2, 0.25) is 0 Å². The zero-order valence-corrected chi connectivity index (χ0v) is 9.31. The number of nitrogens with one attached hydrogen (secondary N) is 1. The molecule has 1 rings (SSSR count). The molecule has 0 unspecified atom stereocenters. The van der Waals surface area contributed by atoms with Crippen molar-refractivity contribution >= 4 is 11.9 Å². The van der Waals surface area contributed by atoms with Gasteiger partial charge in [-0.2, -0.15) is 0 Å². The maximum Gasteiger partial charge on any atom is 0.407 e. The van der Waals surface area contributed by atoms with E-state index in [0.29, 0.717) is 0 Å². The Hall–Kier alpha value is -2.28. The normalized spacial score (nSPS) is 9.12. The molecule has 17 heavy (non-hydrogen) atoms. The maximum atomic E-state index is 11.2. The minimum Gasteiger partial charge on any atom is -0.445 e. The smallest absolute Gasteiger partial charge is 0.407 e. The van der Waals surface area contributed by atoms with Crippen molar-refractivity contribution in [1.82, 2.24) is 5.32 Å². The van der Waals surface area contributed by atoms with Crippen LogP contribution in [0.4, 0.5) is 4.79 Å². The molecule has 0 saturated heterocycles. The zero-order valence-electron chi connectivity index (χ0n) is 9.31. The van der Waals surface area contributed by atoms with Crippen LogP contribution in [-0.2, 0) is 16.1 Å². The van der Waals surface area contributed by atoms with Gasteiger partial charge in [0.2, 0.25) is 0 Å². The summed E-state index contributed by atoms with van der Waals surface area (Å²) in [7, 11) is 0. The second-order valence-electron chi connectivity index (χ2n) is 3.33. The van der Waals surface area contributed by atoms with Crippen LogP contribution < -0.4 is 5.32 Å². The first kappa shape index (κ1) is 12.8. The number of carbonyl (C=O) groups excluding carboxylic acids is 2. The molecule has 0 atom stereocenters. The molecule has 1 N–H and O–H groups in total. The molecule has 1 aromatic rings. The third-order valence-electron chi connectivity index (χ3n) is 1.94. The average Bonchev–Trinajstić information content (AvgIpc) is 2.35. The number of carbonyl (C=O) groups is 2. The Kier molecular flexibility index (Phi) is 5.32. The minimum atomic E-state index is -0.626. The lowest BCUT2D eigenvalue weighted by Gasteiger charge is -2.05. The van der Waals surface area contributed by atoms with Gasteiger partial charge in [-0.25, -0.2) is 4.79 Å². The van der Waals surface area contributed by atoms with E-state index in [2.05, 4.69) is 11.2 Å². The van der Waals surface area contributed by atoms with Gasteiger partial charge in [-0.3, -0.25) is 4.79 Å². The monoisotopic (exact) mass is 231 g/mol. The van der Waals surface area contributed by atoms with E-state index in [1.165, 1.54) is 0 Å². The molecule has 4 nitrogen and oxygen atoms in total. The van der Waals surface area contributed by atoms with E-state index >= 15 is 0 Å². The summed E-state index contributed by atoms with van der Waals surface area (Å²) < 4.78 is 4.90. The first-order chi connectivity index (χ1) is 8.22. The van der Waals surface area contributed by atoms with Gasteiger partial charge in [-0.15, -0.1) is 6.42 Å². The van der Waals surface area contributed by atoms with Crippen molar-refractivity contribution in [3.8, 4) is 12.3 Å². The van der Waals surface area contributed by atoms with E-state index in [-0.39, 0.29) is 25.4 Å². The Balaban J connectivity index is 2.22. The molecule has 88 valence electrons. The number of benzene rings is 1. The average molecular weight is 231 g/mol. The molecule has 0 aliphatic heterocycles.